The summed E-state index contributed by atoms with van der Waals surface area (Å²) in [6, 6.07) is 3.76. The van der Waals surface area contributed by atoms with Gasteiger partial charge in [-0.3, -0.25) is 0 Å². The van der Waals surface area contributed by atoms with E-state index in [0.29, 0.717) is 0 Å². The average Bonchev–Trinajstić information content (AvgIpc) is 3.06. The molecule has 0 aromatic carbocycles. The summed E-state index contributed by atoms with van der Waals surface area (Å²) >= 11 is 0. The van der Waals surface area contributed by atoms with Crippen LogP contribution < -0.4 is 0 Å². The fraction of sp³-hybridized carbons (Fsp3) is 0.438. The van der Waals surface area contributed by atoms with Crippen LogP contribution in [0.2, 0.25) is 0 Å². The van der Waals surface area contributed by atoms with Crippen LogP contribution in [-0.4, -0.2) is 39.4 Å². The first-order valence-electron chi connectivity index (χ1n) is 7.83. The quantitative estimate of drug-likeness (QED) is 0.778. The lowest BCUT2D eigenvalue weighted by molar-refractivity contribution is -0.168. The van der Waals surface area contributed by atoms with E-state index in [2.05, 4.69) is 19.5 Å². The van der Waals surface area contributed by atoms with Gasteiger partial charge in [0.1, 0.15) is 16.9 Å². The van der Waals surface area contributed by atoms with Gasteiger partial charge < -0.3 is 9.55 Å². The summed E-state index contributed by atoms with van der Waals surface area (Å²) in [5.74, 6) is -0.255. The summed E-state index contributed by atoms with van der Waals surface area (Å²) in [6.45, 7) is 0. The predicted octanol–water partition coefficient (Wildman–Crippen LogP) is 1.73. The van der Waals surface area contributed by atoms with Gasteiger partial charge >= 0.3 is 0 Å². The third-order valence-corrected chi connectivity index (χ3v) is 7.15. The van der Waals surface area contributed by atoms with E-state index in [-0.39, 0.29) is 22.5 Å². The number of rotatable bonds is 4. The van der Waals surface area contributed by atoms with Gasteiger partial charge in [0.15, 0.2) is 9.84 Å². The Morgan fingerprint density at radius 3 is 2.88 bits per heavy atom. The number of nitrogens with one attached hydrogen (secondary N) is 1. The van der Waals surface area contributed by atoms with Crippen LogP contribution >= 0.6 is 0 Å². The molecule has 122 valence electrons. The molecule has 0 spiro atoms. The van der Waals surface area contributed by atoms with Crippen LogP contribution in [-0.2, 0) is 15.4 Å². The zero-order valence-corrected chi connectivity index (χ0v) is 13.7. The highest BCUT2D eigenvalue weighted by Crippen LogP contribution is 2.72. The molecule has 3 aliphatic carbocycles. The predicted molar refractivity (Wildman–Crippen MR) is 87.9 cm³/mol. The molecular weight excluding hydrogens is 326 g/mol. The number of nitriles is 1. The molecule has 2 bridgehead atoms. The van der Waals surface area contributed by atoms with Gasteiger partial charge in [0, 0.05) is 17.1 Å². The average molecular weight is 341 g/mol. The van der Waals surface area contributed by atoms with E-state index in [0.717, 1.165) is 41.3 Å². The Balaban J connectivity index is 1.50. The fourth-order valence-electron chi connectivity index (χ4n) is 4.83. The third kappa shape index (κ3) is 1.68. The van der Waals surface area contributed by atoms with Crippen molar-refractivity contribution < 1.29 is 8.42 Å². The lowest BCUT2D eigenvalue weighted by atomic mass is 9.40. The first kappa shape index (κ1) is 14.0. The Kier molecular flexibility index (Phi) is 2.43. The van der Waals surface area contributed by atoms with Crippen molar-refractivity contribution in [2.75, 3.05) is 11.5 Å². The van der Waals surface area contributed by atoms with Crippen molar-refractivity contribution in [1.29, 1.82) is 5.26 Å². The number of pyridine rings is 1. The van der Waals surface area contributed by atoms with E-state index in [1.165, 1.54) is 0 Å². The van der Waals surface area contributed by atoms with E-state index >= 15 is 0 Å². The SMILES string of the molecule is N#CCS(=O)(=O)CC12CC(n3cnc4cnc5[nH]ccc5c43)(C1)C2. The molecule has 0 saturated heterocycles. The molecule has 0 amide bonds. The summed E-state index contributed by atoms with van der Waals surface area (Å²) in [6.07, 6.45) is 8.00. The van der Waals surface area contributed by atoms with Crippen molar-refractivity contribution in [3.63, 3.8) is 0 Å². The Bertz CT molecular complexity index is 1110. The van der Waals surface area contributed by atoms with Crippen molar-refractivity contribution in [2.24, 2.45) is 5.41 Å². The van der Waals surface area contributed by atoms with Crippen LogP contribution in [0.3, 0.4) is 0 Å². The molecular formula is C16H15N5O2S. The van der Waals surface area contributed by atoms with E-state index in [4.69, 9.17) is 5.26 Å². The molecule has 24 heavy (non-hydrogen) atoms. The molecule has 3 aliphatic rings. The second kappa shape index (κ2) is 4.16. The number of aromatic amines is 1. The van der Waals surface area contributed by atoms with Crippen LogP contribution in [0.25, 0.3) is 22.1 Å². The van der Waals surface area contributed by atoms with Gasteiger partial charge in [-0.15, -0.1) is 0 Å². The maximum absolute atomic E-state index is 12.0. The van der Waals surface area contributed by atoms with Gasteiger partial charge in [0.25, 0.3) is 0 Å². The van der Waals surface area contributed by atoms with Gasteiger partial charge in [0.2, 0.25) is 0 Å². The van der Waals surface area contributed by atoms with Gasteiger partial charge in [-0.1, -0.05) is 0 Å². The molecule has 3 heterocycles. The number of hydrogen-bond acceptors (Lipinski definition) is 5. The van der Waals surface area contributed by atoms with E-state index in [1.807, 2.05) is 18.6 Å². The molecule has 3 aromatic heterocycles. The number of aromatic nitrogens is 4. The van der Waals surface area contributed by atoms with Gasteiger partial charge in [-0.05, 0) is 30.7 Å². The normalized spacial score (nSPS) is 28.5. The van der Waals surface area contributed by atoms with Gasteiger partial charge in [0.05, 0.1) is 29.9 Å². The first-order chi connectivity index (χ1) is 11.5. The summed E-state index contributed by atoms with van der Waals surface area (Å²) in [5.41, 5.74) is 2.59. The second-order valence-corrected chi connectivity index (χ2v) is 9.36. The highest BCUT2D eigenvalue weighted by Gasteiger charge is 2.69. The molecule has 3 saturated carbocycles. The molecule has 0 aliphatic heterocycles. The molecule has 0 unspecified atom stereocenters. The van der Waals surface area contributed by atoms with E-state index in [9.17, 15) is 8.42 Å². The number of hydrogen-bond donors (Lipinski definition) is 1. The maximum atomic E-state index is 12.0. The molecule has 1 N–H and O–H groups in total. The van der Waals surface area contributed by atoms with Crippen LogP contribution in [0.4, 0.5) is 0 Å². The van der Waals surface area contributed by atoms with E-state index < -0.39 is 9.84 Å². The molecule has 6 rings (SSSR count). The highest BCUT2D eigenvalue weighted by molar-refractivity contribution is 7.91. The minimum absolute atomic E-state index is 0.0253. The number of imidazole rings is 1. The Morgan fingerprint density at radius 1 is 1.33 bits per heavy atom. The van der Waals surface area contributed by atoms with E-state index in [1.54, 1.807) is 12.3 Å². The fourth-order valence-corrected chi connectivity index (χ4v) is 6.37. The molecule has 7 nitrogen and oxygen atoms in total. The number of nitrogens with zero attached hydrogens (tertiary/aromatic N) is 4. The van der Waals surface area contributed by atoms with Crippen molar-refractivity contribution >= 4 is 31.9 Å². The smallest absolute Gasteiger partial charge is 0.164 e. The standard InChI is InChI=1S/C16H15N5O2S/c17-2-4-24(22,23)9-15-6-16(7-15,8-15)21-10-20-12-5-19-14-11(13(12)21)1-3-18-14/h1,3,5,10H,4,6-9H2,(H,18,19). The van der Waals surface area contributed by atoms with Crippen molar-refractivity contribution in [1.82, 2.24) is 19.5 Å². The van der Waals surface area contributed by atoms with Crippen molar-refractivity contribution in [3.05, 3.63) is 24.8 Å². The summed E-state index contributed by atoms with van der Waals surface area (Å²) < 4.78 is 26.1. The molecule has 0 radical (unpaired) electrons. The Morgan fingerprint density at radius 2 is 2.12 bits per heavy atom. The van der Waals surface area contributed by atoms with Gasteiger partial charge in [-0.25, -0.2) is 18.4 Å². The van der Waals surface area contributed by atoms with Crippen LogP contribution in [0, 0.1) is 16.7 Å². The van der Waals surface area contributed by atoms with Crippen LogP contribution in [0.15, 0.2) is 24.8 Å². The number of sulfone groups is 1. The molecule has 8 heteroatoms. The third-order valence-electron chi connectivity index (χ3n) is 5.53. The zero-order valence-electron chi connectivity index (χ0n) is 12.9. The van der Waals surface area contributed by atoms with Crippen molar-refractivity contribution in [2.45, 2.75) is 24.8 Å². The summed E-state index contributed by atoms with van der Waals surface area (Å²) in [7, 11) is -3.28. The monoisotopic (exact) mass is 341 g/mol. The Hall–Kier alpha value is -2.40. The zero-order chi connectivity index (χ0) is 16.6. The highest BCUT2D eigenvalue weighted by atomic mass is 32.2. The van der Waals surface area contributed by atoms with Crippen LogP contribution in [0.5, 0.6) is 0 Å². The lowest BCUT2D eigenvalue weighted by Gasteiger charge is -2.71. The molecule has 0 atom stereocenters. The van der Waals surface area contributed by atoms with Crippen molar-refractivity contribution in [3.8, 4) is 6.07 Å². The first-order valence-corrected chi connectivity index (χ1v) is 9.65. The molecule has 3 fully saturated rings. The largest absolute Gasteiger partial charge is 0.346 e. The topological polar surface area (TPSA) is 104 Å². The van der Waals surface area contributed by atoms with Crippen LogP contribution in [0.1, 0.15) is 19.3 Å². The summed E-state index contributed by atoms with van der Waals surface area (Å²) in [5, 5.41) is 9.69. The minimum Gasteiger partial charge on any atom is -0.346 e. The summed E-state index contributed by atoms with van der Waals surface area (Å²) in [4.78, 5) is 12.0. The number of H-pyrrole nitrogens is 1. The number of fused-ring (bicyclic) bond motifs is 3. The molecule has 3 aromatic rings. The lowest BCUT2D eigenvalue weighted by Crippen LogP contribution is -2.69. The van der Waals surface area contributed by atoms with Gasteiger partial charge in [-0.2, -0.15) is 5.26 Å². The maximum Gasteiger partial charge on any atom is 0.164 e. The second-order valence-electron chi connectivity index (χ2n) is 7.29. The minimum atomic E-state index is -3.28. The Labute approximate surface area is 138 Å².